The minimum Gasteiger partial charge on any atom is -0.465 e. The lowest BCUT2D eigenvalue weighted by atomic mass is 9.57. The van der Waals surface area contributed by atoms with Crippen LogP contribution in [0.15, 0.2) is 65.6 Å². The maximum atomic E-state index is 15.0. The third-order valence-electron chi connectivity index (χ3n) is 14.6. The number of likely N-dealkylation sites (tertiary alicyclic amines) is 4. The molecule has 2 N–H and O–H groups in total. The first-order valence-corrected chi connectivity index (χ1v) is 23.6. The van der Waals surface area contributed by atoms with Crippen LogP contribution in [0, 0.1) is 23.6 Å². The van der Waals surface area contributed by atoms with E-state index in [-0.39, 0.29) is 42.2 Å². The maximum Gasteiger partial charge on any atom is 0.404 e. The van der Waals surface area contributed by atoms with Crippen molar-refractivity contribution in [3.63, 3.8) is 0 Å². The standard InChI is InChI=1S/C45H63FN6O5S/c46-37-9-4-8-36(28-37)45(33-50-23-7-24-50,41-10-5-11-42(41)47-44(54)55)35-18-25-49(26-19-35)29-34-17-27-51(30-34)38-13-15-39(16-14-38)58(56,57)40-31-52(32-40)43(53)12-6-22-48-20-2-1-3-21-48/h4,6,8-9,12-16,28,34-35,40-42,47H,1-3,5,7,10-11,17-27,29-33H2,(H,54,55)/b12-6+/t34-,41-,42-,45?/m0/s1. The van der Waals surface area contributed by atoms with Gasteiger partial charge in [-0.15, -0.1) is 0 Å². The van der Waals surface area contributed by atoms with E-state index in [4.69, 9.17) is 0 Å². The normalized spacial score (nSPS) is 26.7. The summed E-state index contributed by atoms with van der Waals surface area (Å²) in [5.74, 6) is 0.591. The molecular formula is C45H63FN6O5S. The molecule has 1 unspecified atom stereocenters. The van der Waals surface area contributed by atoms with Gasteiger partial charge in [-0.1, -0.05) is 31.1 Å². The Morgan fingerprint density at radius 3 is 2.24 bits per heavy atom. The molecule has 2 aromatic rings. The van der Waals surface area contributed by atoms with Crippen LogP contribution in [0.4, 0.5) is 14.9 Å². The molecule has 11 nitrogen and oxygen atoms in total. The predicted octanol–water partition coefficient (Wildman–Crippen LogP) is 5.47. The number of sulfone groups is 1. The van der Waals surface area contributed by atoms with Crippen LogP contribution in [-0.2, 0) is 20.0 Å². The molecule has 5 heterocycles. The molecule has 0 aromatic heterocycles. The van der Waals surface area contributed by atoms with E-state index in [2.05, 4.69) is 31.0 Å². The van der Waals surface area contributed by atoms with Crippen molar-refractivity contribution in [2.45, 2.75) is 85.8 Å². The van der Waals surface area contributed by atoms with Gasteiger partial charge in [-0.05, 0) is 150 Å². The second-order valence-electron chi connectivity index (χ2n) is 18.1. The second kappa shape index (κ2) is 18.0. The van der Waals surface area contributed by atoms with Gasteiger partial charge in [-0.3, -0.25) is 9.69 Å². The van der Waals surface area contributed by atoms with E-state index < -0.39 is 21.2 Å². The summed E-state index contributed by atoms with van der Waals surface area (Å²) >= 11 is 0. The number of halogens is 1. The number of benzene rings is 2. The van der Waals surface area contributed by atoms with E-state index in [1.165, 1.54) is 31.7 Å². The fourth-order valence-corrected chi connectivity index (χ4v) is 13.0. The van der Waals surface area contributed by atoms with Gasteiger partial charge in [0, 0.05) is 69.0 Å². The Bertz CT molecular complexity index is 1870. The predicted molar refractivity (Wildman–Crippen MR) is 224 cm³/mol. The number of nitrogens with one attached hydrogen (secondary N) is 1. The summed E-state index contributed by atoms with van der Waals surface area (Å²) in [5.41, 5.74) is 1.74. The van der Waals surface area contributed by atoms with Gasteiger partial charge in [0.2, 0.25) is 5.91 Å². The Morgan fingerprint density at radius 2 is 1.55 bits per heavy atom. The van der Waals surface area contributed by atoms with Crippen LogP contribution in [0.5, 0.6) is 0 Å². The van der Waals surface area contributed by atoms with Gasteiger partial charge in [-0.2, -0.15) is 0 Å². The molecule has 316 valence electrons. The number of piperidine rings is 2. The van der Waals surface area contributed by atoms with Crippen molar-refractivity contribution in [2.75, 3.05) is 90.0 Å². The van der Waals surface area contributed by atoms with Crippen molar-refractivity contribution in [1.29, 1.82) is 0 Å². The van der Waals surface area contributed by atoms with E-state index in [0.717, 1.165) is 122 Å². The Kier molecular flexibility index (Phi) is 12.8. The number of anilines is 1. The van der Waals surface area contributed by atoms with Crippen molar-refractivity contribution in [3.8, 4) is 0 Å². The zero-order chi connectivity index (χ0) is 40.3. The lowest BCUT2D eigenvalue weighted by Gasteiger charge is -2.53. The topological polar surface area (TPSA) is 117 Å². The molecule has 0 bridgehead atoms. The van der Waals surface area contributed by atoms with E-state index in [1.807, 2.05) is 24.3 Å². The summed E-state index contributed by atoms with van der Waals surface area (Å²) in [6.07, 6.45) is 13.2. The zero-order valence-corrected chi connectivity index (χ0v) is 34.8. The number of carbonyl (C=O) groups excluding carboxylic acids is 1. The fourth-order valence-electron chi connectivity index (χ4n) is 11.3. The van der Waals surface area contributed by atoms with Crippen LogP contribution in [0.1, 0.15) is 69.8 Å². The molecule has 5 saturated heterocycles. The van der Waals surface area contributed by atoms with Gasteiger partial charge in [-0.25, -0.2) is 17.6 Å². The highest BCUT2D eigenvalue weighted by Crippen LogP contribution is 2.51. The Morgan fingerprint density at radius 1 is 0.810 bits per heavy atom. The van der Waals surface area contributed by atoms with Crippen LogP contribution in [0.3, 0.4) is 0 Å². The quantitative estimate of drug-likeness (QED) is 0.240. The Balaban J connectivity index is 0.851. The van der Waals surface area contributed by atoms with Gasteiger partial charge in [0.15, 0.2) is 9.84 Å². The molecule has 58 heavy (non-hydrogen) atoms. The first-order chi connectivity index (χ1) is 28.1. The molecule has 0 radical (unpaired) electrons. The number of nitrogens with zero attached hydrogens (tertiary/aromatic N) is 5. The van der Waals surface area contributed by atoms with Gasteiger partial charge in [0.25, 0.3) is 0 Å². The number of rotatable bonds is 14. The first kappa shape index (κ1) is 41.2. The molecular weight excluding hydrogens is 756 g/mol. The van der Waals surface area contributed by atoms with Crippen molar-refractivity contribution in [3.05, 3.63) is 72.1 Å². The van der Waals surface area contributed by atoms with Gasteiger partial charge in [0.05, 0.1) is 4.90 Å². The van der Waals surface area contributed by atoms with Crippen molar-refractivity contribution < 1.29 is 27.5 Å². The SMILES string of the molecule is O=C(O)N[C@H]1CCC[C@@H]1C(CN1CCC1)(c1cccc(F)c1)C1CCN(C[C@@H]2CCN(c3ccc(S(=O)(=O)C4CN(C(=O)/C=C/CN5CCCCC5)C4)cc3)C2)CC1. The van der Waals surface area contributed by atoms with E-state index in [1.54, 1.807) is 29.2 Å². The lowest BCUT2D eigenvalue weighted by Crippen LogP contribution is -2.59. The lowest BCUT2D eigenvalue weighted by molar-refractivity contribution is -0.129. The third-order valence-corrected chi connectivity index (χ3v) is 16.7. The molecule has 1 aliphatic carbocycles. The summed E-state index contributed by atoms with van der Waals surface area (Å²) in [4.78, 5) is 36.4. The van der Waals surface area contributed by atoms with Crippen molar-refractivity contribution >= 4 is 27.5 Å². The summed E-state index contributed by atoms with van der Waals surface area (Å²) in [6.45, 7) is 11.1. The zero-order valence-electron chi connectivity index (χ0n) is 34.0. The smallest absolute Gasteiger partial charge is 0.404 e. The summed E-state index contributed by atoms with van der Waals surface area (Å²) < 4.78 is 41.9. The van der Waals surface area contributed by atoms with Crippen LogP contribution in [0.2, 0.25) is 0 Å². The average Bonchev–Trinajstić information content (AvgIpc) is 3.85. The fraction of sp³-hybridized carbons (Fsp3) is 0.644. The van der Waals surface area contributed by atoms with E-state index >= 15 is 0 Å². The molecule has 2 amide bonds. The van der Waals surface area contributed by atoms with E-state index in [0.29, 0.717) is 16.7 Å². The molecule has 6 aliphatic rings. The van der Waals surface area contributed by atoms with Crippen LogP contribution < -0.4 is 10.2 Å². The largest absolute Gasteiger partial charge is 0.465 e. The minimum absolute atomic E-state index is 0.112. The first-order valence-electron chi connectivity index (χ1n) is 22.1. The maximum absolute atomic E-state index is 15.0. The number of carboxylic acid groups (broad SMARTS) is 1. The van der Waals surface area contributed by atoms with Crippen molar-refractivity contribution in [2.24, 2.45) is 17.8 Å². The molecule has 2 aromatic carbocycles. The Hall–Kier alpha value is -3.52. The monoisotopic (exact) mass is 818 g/mol. The van der Waals surface area contributed by atoms with Crippen LogP contribution in [0.25, 0.3) is 0 Å². The van der Waals surface area contributed by atoms with Crippen LogP contribution in [-0.4, -0.2) is 141 Å². The minimum atomic E-state index is -3.53. The molecule has 13 heteroatoms. The molecule has 0 spiro atoms. The number of amides is 2. The number of hydrogen-bond acceptors (Lipinski definition) is 8. The van der Waals surface area contributed by atoms with Crippen LogP contribution >= 0.6 is 0 Å². The summed E-state index contributed by atoms with van der Waals surface area (Å²) in [5, 5.41) is 12.1. The van der Waals surface area contributed by atoms with Crippen molar-refractivity contribution in [1.82, 2.24) is 24.9 Å². The Labute approximate surface area is 344 Å². The number of hydrogen-bond donors (Lipinski definition) is 2. The molecule has 8 rings (SSSR count). The highest BCUT2D eigenvalue weighted by molar-refractivity contribution is 7.92. The van der Waals surface area contributed by atoms with Gasteiger partial charge >= 0.3 is 6.09 Å². The summed E-state index contributed by atoms with van der Waals surface area (Å²) in [7, 11) is -3.53. The summed E-state index contributed by atoms with van der Waals surface area (Å²) in [6, 6.07) is 14.4. The highest BCUT2D eigenvalue weighted by Gasteiger charge is 2.53. The molecule has 6 fully saturated rings. The molecule has 5 aliphatic heterocycles. The van der Waals surface area contributed by atoms with E-state index in [9.17, 15) is 27.5 Å². The highest BCUT2D eigenvalue weighted by atomic mass is 32.2. The van der Waals surface area contributed by atoms with Gasteiger partial charge in [0.1, 0.15) is 11.1 Å². The third kappa shape index (κ3) is 8.98. The second-order valence-corrected chi connectivity index (χ2v) is 20.3. The van der Waals surface area contributed by atoms with Gasteiger partial charge < -0.3 is 30.0 Å². The molecule has 4 atom stereocenters. The molecule has 1 saturated carbocycles. The average molecular weight is 819 g/mol. The number of carbonyl (C=O) groups is 2.